The molecule has 248 valence electrons. The molecule has 6 heterocycles. The van der Waals surface area contributed by atoms with Gasteiger partial charge >= 0.3 is 17.9 Å². The summed E-state index contributed by atoms with van der Waals surface area (Å²) in [5.74, 6) is -4.38. The van der Waals surface area contributed by atoms with Gasteiger partial charge in [0, 0.05) is 48.9 Å². The maximum Gasteiger partial charge on any atom is 0.519 e. The number of carboxylic acids is 1. The third kappa shape index (κ3) is 6.00. The Labute approximate surface area is 272 Å². The van der Waals surface area contributed by atoms with Crippen molar-refractivity contribution in [3.8, 4) is 0 Å². The number of anilines is 1. The van der Waals surface area contributed by atoms with Crippen LogP contribution in [0.25, 0.3) is 0 Å². The highest BCUT2D eigenvalue weighted by atomic mass is 32.2. The number of carbonyl (C=O) groups is 5. The highest BCUT2D eigenvalue weighted by Crippen LogP contribution is 2.46. The van der Waals surface area contributed by atoms with Gasteiger partial charge in [-0.25, -0.2) is 14.4 Å². The van der Waals surface area contributed by atoms with Crippen LogP contribution in [0.3, 0.4) is 0 Å². The van der Waals surface area contributed by atoms with E-state index < -0.39 is 46.6 Å². The van der Waals surface area contributed by atoms with Gasteiger partial charge in [0.25, 0.3) is 0 Å². The number of rotatable bonds is 9. The van der Waals surface area contributed by atoms with E-state index in [0.29, 0.717) is 37.1 Å². The summed E-state index contributed by atoms with van der Waals surface area (Å²) in [5.41, 5.74) is 5.50. The standard InChI is InChI=1S/C27H27N7O11S2/c1-11-17(45-27(41)44-11)9-43-26(40)32-4-3-14(8-32)33-5-2-12(21(33)36)6-13-10-46-23-15(22(37)34(23)19(13)24(38)39)7-16(35)18(30-42)20-29-25(28)47-31-20/h6,14-15,23,42H,2-5,7-10H2,1H3,(H,38,39)(H2,28,29,31)/b12-6+,30-18+/t14-,15-,23-/m1/s1. The molecule has 0 bridgehead atoms. The van der Waals surface area contributed by atoms with Crippen LogP contribution in [0.5, 0.6) is 0 Å². The zero-order valence-corrected chi connectivity index (χ0v) is 26.2. The number of nitrogens with two attached hydrogens (primary N) is 1. The first-order chi connectivity index (χ1) is 22.5. The molecule has 0 spiro atoms. The molecule has 2 aromatic rings. The number of allylic oxidation sites excluding steroid dienone is 1. The van der Waals surface area contributed by atoms with E-state index in [-0.39, 0.29) is 65.4 Å². The maximum atomic E-state index is 13.4. The number of Topliss-reactive ketones (excluding diaryl/α,β-unsaturated/α-hetero) is 1. The minimum Gasteiger partial charge on any atom is -0.477 e. The van der Waals surface area contributed by atoms with Gasteiger partial charge in [0.15, 0.2) is 34.8 Å². The van der Waals surface area contributed by atoms with E-state index >= 15 is 0 Å². The highest BCUT2D eigenvalue weighted by molar-refractivity contribution is 8.00. The van der Waals surface area contributed by atoms with Crippen LogP contribution in [0.4, 0.5) is 9.93 Å². The molecule has 20 heteroatoms. The Morgan fingerprint density at radius 1 is 1.21 bits per heavy atom. The van der Waals surface area contributed by atoms with Crippen molar-refractivity contribution in [2.24, 2.45) is 11.1 Å². The van der Waals surface area contributed by atoms with Gasteiger partial charge in [-0.05, 0) is 31.4 Å². The molecule has 2 aromatic heterocycles. The SMILES string of the molecule is Cc1oc(=O)oc1COC(=O)N1CC[C@@H](N2CC/C(=C\C3=C(C(=O)O)N4C(=O)[C@@H](CC(=O)/C(=N\O)c5nsc(N)n5)[C@H]4SC3)C2=O)C1. The molecule has 3 atom stereocenters. The summed E-state index contributed by atoms with van der Waals surface area (Å²) in [6, 6.07) is -0.286. The molecule has 0 aliphatic carbocycles. The highest BCUT2D eigenvalue weighted by Gasteiger charge is 2.54. The van der Waals surface area contributed by atoms with Gasteiger partial charge in [-0.1, -0.05) is 5.16 Å². The number of hydrogen-bond acceptors (Lipinski definition) is 16. The number of fused-ring (bicyclic) bond motifs is 1. The minimum absolute atomic E-state index is 0.0602. The summed E-state index contributed by atoms with van der Waals surface area (Å²) in [7, 11) is 0. The Bertz CT molecular complexity index is 1830. The number of thioether (sulfide) groups is 1. The smallest absolute Gasteiger partial charge is 0.477 e. The van der Waals surface area contributed by atoms with Crippen molar-refractivity contribution in [2.45, 2.75) is 44.2 Å². The van der Waals surface area contributed by atoms with E-state index in [1.165, 1.54) is 29.7 Å². The number of β-lactam (4-membered cyclic amide) rings is 1. The van der Waals surface area contributed by atoms with Gasteiger partial charge in [-0.2, -0.15) is 9.36 Å². The van der Waals surface area contributed by atoms with Gasteiger partial charge < -0.3 is 39.4 Å². The fourth-order valence-corrected chi connectivity index (χ4v) is 7.76. The van der Waals surface area contributed by atoms with Crippen LogP contribution in [0.15, 0.2) is 41.7 Å². The third-order valence-corrected chi connectivity index (χ3v) is 10.2. The summed E-state index contributed by atoms with van der Waals surface area (Å²) in [4.78, 5) is 83.6. The van der Waals surface area contributed by atoms with Crippen LogP contribution in [0.1, 0.15) is 36.6 Å². The monoisotopic (exact) mass is 689 g/mol. The predicted molar refractivity (Wildman–Crippen MR) is 160 cm³/mol. The first-order valence-electron chi connectivity index (χ1n) is 14.2. The molecule has 0 radical (unpaired) electrons. The minimum atomic E-state index is -1.35. The number of aryl methyl sites for hydroxylation is 1. The lowest BCUT2D eigenvalue weighted by Crippen LogP contribution is -2.62. The van der Waals surface area contributed by atoms with Crippen LogP contribution in [-0.2, 0) is 30.5 Å². The molecule has 6 rings (SSSR count). The number of likely N-dealkylation sites (tertiary alicyclic amines) is 2. The quantitative estimate of drug-likeness (QED) is 0.107. The molecule has 4 N–H and O–H groups in total. The second-order valence-electron chi connectivity index (χ2n) is 11.0. The molecular formula is C27H27N7O11S2. The van der Waals surface area contributed by atoms with Crippen molar-refractivity contribution in [3.63, 3.8) is 0 Å². The number of hydrogen-bond donors (Lipinski definition) is 3. The van der Waals surface area contributed by atoms with Crippen LogP contribution in [0, 0.1) is 12.8 Å². The van der Waals surface area contributed by atoms with Gasteiger partial charge in [0.05, 0.1) is 17.3 Å². The molecule has 0 saturated carbocycles. The number of amides is 3. The van der Waals surface area contributed by atoms with E-state index in [1.54, 1.807) is 4.90 Å². The van der Waals surface area contributed by atoms with Crippen molar-refractivity contribution in [1.29, 1.82) is 0 Å². The van der Waals surface area contributed by atoms with Gasteiger partial charge in [-0.3, -0.25) is 19.3 Å². The Morgan fingerprint density at radius 3 is 2.66 bits per heavy atom. The van der Waals surface area contributed by atoms with Crippen molar-refractivity contribution in [1.82, 2.24) is 24.1 Å². The number of carboxylic acid groups (broad SMARTS) is 1. The van der Waals surface area contributed by atoms with E-state index in [9.17, 15) is 39.1 Å². The zero-order chi connectivity index (χ0) is 33.6. The van der Waals surface area contributed by atoms with Crippen molar-refractivity contribution < 1.29 is 47.9 Å². The molecule has 3 amide bonds. The summed E-state index contributed by atoms with van der Waals surface area (Å²) in [5, 5.41) is 21.8. The number of ether oxygens (including phenoxy) is 1. The second kappa shape index (κ2) is 12.7. The lowest BCUT2D eigenvalue weighted by Gasteiger charge is -2.49. The van der Waals surface area contributed by atoms with Gasteiger partial charge in [0.1, 0.15) is 5.70 Å². The molecule has 4 aliphatic heterocycles. The molecule has 0 unspecified atom stereocenters. The van der Waals surface area contributed by atoms with E-state index in [0.717, 1.165) is 16.4 Å². The Morgan fingerprint density at radius 2 is 2.00 bits per heavy atom. The van der Waals surface area contributed by atoms with Crippen molar-refractivity contribution in [2.75, 3.05) is 31.1 Å². The molecule has 47 heavy (non-hydrogen) atoms. The number of aliphatic carboxylic acids is 1. The van der Waals surface area contributed by atoms with E-state index in [4.69, 9.17) is 19.3 Å². The van der Waals surface area contributed by atoms with Crippen LogP contribution < -0.4 is 11.6 Å². The predicted octanol–water partition coefficient (Wildman–Crippen LogP) is 0.552. The topological polar surface area (TPSA) is 252 Å². The average Bonchev–Trinajstić information content (AvgIpc) is 3.83. The molecule has 3 fully saturated rings. The van der Waals surface area contributed by atoms with Gasteiger partial charge in [0.2, 0.25) is 17.6 Å². The number of nitrogen functional groups attached to an aromatic ring is 1. The number of ketones is 1. The summed E-state index contributed by atoms with van der Waals surface area (Å²) in [6.07, 6.45) is 1.37. The van der Waals surface area contributed by atoms with E-state index in [2.05, 4.69) is 14.5 Å². The first-order valence-corrected chi connectivity index (χ1v) is 16.1. The molecular weight excluding hydrogens is 662 g/mol. The van der Waals surface area contributed by atoms with Crippen LogP contribution in [0.2, 0.25) is 0 Å². The fraction of sp³-hybridized carbons (Fsp3) is 0.444. The van der Waals surface area contributed by atoms with Crippen LogP contribution >= 0.6 is 23.3 Å². The van der Waals surface area contributed by atoms with Crippen molar-refractivity contribution >= 4 is 63.8 Å². The summed E-state index contributed by atoms with van der Waals surface area (Å²) < 4.78 is 18.7. The summed E-state index contributed by atoms with van der Waals surface area (Å²) >= 11 is 2.06. The lowest BCUT2D eigenvalue weighted by atomic mass is 9.89. The fourth-order valence-electron chi connectivity index (χ4n) is 5.96. The number of aromatic nitrogens is 2. The second-order valence-corrected chi connectivity index (χ2v) is 12.9. The number of oxime groups is 1. The van der Waals surface area contributed by atoms with Gasteiger partial charge in [-0.15, -0.1) is 11.8 Å². The van der Waals surface area contributed by atoms with Crippen LogP contribution in [-0.4, -0.2) is 107 Å². The Hall–Kier alpha value is -4.98. The summed E-state index contributed by atoms with van der Waals surface area (Å²) in [6.45, 7) is 2.17. The van der Waals surface area contributed by atoms with Crippen molar-refractivity contribution in [3.05, 3.63) is 50.9 Å². The van der Waals surface area contributed by atoms with E-state index in [1.807, 2.05) is 0 Å². The Balaban J connectivity index is 1.09. The largest absolute Gasteiger partial charge is 0.519 e. The first kappa shape index (κ1) is 32.0. The number of carbonyl (C=O) groups excluding carboxylic acids is 4. The average molecular weight is 690 g/mol. The normalized spacial score (nSPS) is 23.9. The Kier molecular flexibility index (Phi) is 8.62. The molecule has 18 nitrogen and oxygen atoms in total. The molecule has 4 aliphatic rings. The maximum absolute atomic E-state index is 13.4. The molecule has 3 saturated heterocycles. The lowest BCUT2D eigenvalue weighted by molar-refractivity contribution is -0.153. The zero-order valence-electron chi connectivity index (χ0n) is 24.6. The third-order valence-electron chi connectivity index (χ3n) is 8.26. The molecule has 0 aromatic carbocycles. The number of nitrogens with zero attached hydrogens (tertiary/aromatic N) is 6.